The monoisotopic (exact) mass is 381 g/mol. The normalized spacial score (nSPS) is 13.7. The van der Waals surface area contributed by atoms with E-state index >= 15 is 0 Å². The molecule has 0 unspecified atom stereocenters. The van der Waals surface area contributed by atoms with E-state index in [0.717, 1.165) is 16.7 Å². The summed E-state index contributed by atoms with van der Waals surface area (Å²) < 4.78 is 45.8. The van der Waals surface area contributed by atoms with Crippen molar-refractivity contribution in [1.82, 2.24) is 9.88 Å². The molecule has 1 aromatic heterocycles. The largest absolute Gasteiger partial charge is 0.491 e. The standard InChI is InChI=1S/C17H14F3N3O4/c1-7(2)27-10-4-8(17(18,19)20)3-9(5-10)23-12(24)6-11-13(14(23)21)16(26)22-15(11)25/h3-7H,21H2,1-2H3,(H,22,25,26). The van der Waals surface area contributed by atoms with Crippen molar-refractivity contribution in [1.29, 1.82) is 0 Å². The van der Waals surface area contributed by atoms with Crippen molar-refractivity contribution in [3.05, 3.63) is 51.3 Å². The Balaban J connectivity index is 2.28. The summed E-state index contributed by atoms with van der Waals surface area (Å²) in [6.45, 7) is 3.26. The molecule has 0 spiro atoms. The smallest absolute Gasteiger partial charge is 0.416 e. The van der Waals surface area contributed by atoms with Crippen LogP contribution in [0.3, 0.4) is 0 Å². The summed E-state index contributed by atoms with van der Waals surface area (Å²) in [4.78, 5) is 36.0. The van der Waals surface area contributed by atoms with Gasteiger partial charge in [-0.15, -0.1) is 0 Å². The average Bonchev–Trinajstić information content (AvgIpc) is 2.80. The van der Waals surface area contributed by atoms with Crippen LogP contribution in [0.4, 0.5) is 19.0 Å². The highest BCUT2D eigenvalue weighted by Crippen LogP contribution is 2.34. The van der Waals surface area contributed by atoms with Gasteiger partial charge in [0.05, 0.1) is 28.5 Å². The number of fused-ring (bicyclic) bond motifs is 1. The second-order valence-electron chi connectivity index (χ2n) is 6.16. The highest BCUT2D eigenvalue weighted by Gasteiger charge is 2.34. The number of anilines is 1. The molecule has 1 aliphatic heterocycles. The van der Waals surface area contributed by atoms with Crippen LogP contribution >= 0.6 is 0 Å². The zero-order valence-corrected chi connectivity index (χ0v) is 14.2. The van der Waals surface area contributed by atoms with E-state index in [2.05, 4.69) is 0 Å². The number of nitrogens with one attached hydrogen (secondary N) is 1. The molecule has 0 aliphatic carbocycles. The van der Waals surface area contributed by atoms with Crippen LogP contribution < -0.4 is 21.3 Å². The predicted octanol–water partition coefficient (Wildman–Crippen LogP) is 2.11. The summed E-state index contributed by atoms with van der Waals surface area (Å²) in [5.41, 5.74) is 3.23. The SMILES string of the molecule is CC(C)Oc1cc(-n2c(N)c3c(cc2=O)C(=O)NC3=O)cc(C(F)(F)F)c1. The molecule has 142 valence electrons. The molecular weight excluding hydrogens is 367 g/mol. The number of rotatable bonds is 3. The van der Waals surface area contributed by atoms with Crippen molar-refractivity contribution < 1.29 is 27.5 Å². The number of benzene rings is 1. The molecule has 2 aromatic rings. The second kappa shape index (κ2) is 6.15. The predicted molar refractivity (Wildman–Crippen MR) is 89.0 cm³/mol. The van der Waals surface area contributed by atoms with Gasteiger partial charge in [-0.1, -0.05) is 0 Å². The number of ether oxygens (including phenoxy) is 1. The lowest BCUT2D eigenvalue weighted by atomic mass is 10.1. The number of carbonyl (C=O) groups excluding carboxylic acids is 2. The topological polar surface area (TPSA) is 103 Å². The number of hydrogen-bond acceptors (Lipinski definition) is 5. The number of hydrogen-bond donors (Lipinski definition) is 2. The van der Waals surface area contributed by atoms with Gasteiger partial charge in [-0.3, -0.25) is 24.3 Å². The first-order chi connectivity index (χ1) is 12.5. The Morgan fingerprint density at radius 1 is 1.07 bits per heavy atom. The highest BCUT2D eigenvalue weighted by atomic mass is 19.4. The van der Waals surface area contributed by atoms with E-state index in [-0.39, 0.29) is 22.6 Å². The zero-order chi connectivity index (χ0) is 20.1. The minimum atomic E-state index is -4.70. The van der Waals surface area contributed by atoms with E-state index < -0.39 is 41.0 Å². The molecule has 0 bridgehead atoms. The van der Waals surface area contributed by atoms with Gasteiger partial charge in [-0.2, -0.15) is 13.2 Å². The van der Waals surface area contributed by atoms with E-state index in [0.29, 0.717) is 6.07 Å². The maximum absolute atomic E-state index is 13.3. The van der Waals surface area contributed by atoms with Crippen molar-refractivity contribution in [2.75, 3.05) is 5.73 Å². The molecule has 10 heteroatoms. The lowest BCUT2D eigenvalue weighted by Gasteiger charge is -2.17. The fourth-order valence-electron chi connectivity index (χ4n) is 2.76. The molecule has 0 radical (unpaired) electrons. The number of alkyl halides is 3. The van der Waals surface area contributed by atoms with Crippen LogP contribution in [-0.4, -0.2) is 22.5 Å². The lowest BCUT2D eigenvalue weighted by molar-refractivity contribution is -0.137. The Kier molecular flexibility index (Phi) is 4.21. The van der Waals surface area contributed by atoms with Crippen molar-refractivity contribution >= 4 is 17.6 Å². The number of carbonyl (C=O) groups is 2. The summed E-state index contributed by atoms with van der Waals surface area (Å²) >= 11 is 0. The molecule has 0 atom stereocenters. The third-order valence-electron chi connectivity index (χ3n) is 3.80. The third-order valence-corrected chi connectivity index (χ3v) is 3.80. The van der Waals surface area contributed by atoms with Gasteiger partial charge in [-0.25, -0.2) is 0 Å². The maximum Gasteiger partial charge on any atom is 0.416 e. The number of pyridine rings is 1. The molecule has 7 nitrogen and oxygen atoms in total. The summed E-state index contributed by atoms with van der Waals surface area (Å²) in [6.07, 6.45) is -5.12. The van der Waals surface area contributed by atoms with E-state index in [1.807, 2.05) is 5.32 Å². The lowest BCUT2D eigenvalue weighted by Crippen LogP contribution is -2.24. The fourth-order valence-corrected chi connectivity index (χ4v) is 2.76. The Hall–Kier alpha value is -3.30. The van der Waals surface area contributed by atoms with Gasteiger partial charge in [0.25, 0.3) is 17.4 Å². The van der Waals surface area contributed by atoms with E-state index in [1.54, 1.807) is 13.8 Å². The summed E-state index contributed by atoms with van der Waals surface area (Å²) in [7, 11) is 0. The van der Waals surface area contributed by atoms with Gasteiger partial charge < -0.3 is 10.5 Å². The molecular formula is C17H14F3N3O4. The van der Waals surface area contributed by atoms with Gasteiger partial charge >= 0.3 is 6.18 Å². The van der Waals surface area contributed by atoms with Crippen LogP contribution in [-0.2, 0) is 6.18 Å². The second-order valence-corrected chi connectivity index (χ2v) is 6.16. The quantitative estimate of drug-likeness (QED) is 0.793. The van der Waals surface area contributed by atoms with E-state index in [1.165, 1.54) is 6.07 Å². The highest BCUT2D eigenvalue weighted by molar-refractivity contribution is 6.23. The maximum atomic E-state index is 13.3. The molecule has 1 aliphatic rings. The molecule has 3 N–H and O–H groups in total. The Labute approximate surface area is 150 Å². The van der Waals surface area contributed by atoms with Crippen LogP contribution in [0.25, 0.3) is 5.69 Å². The minimum Gasteiger partial charge on any atom is -0.491 e. The Morgan fingerprint density at radius 2 is 1.74 bits per heavy atom. The molecule has 0 fully saturated rings. The Morgan fingerprint density at radius 3 is 2.33 bits per heavy atom. The molecule has 0 saturated carbocycles. The summed E-state index contributed by atoms with van der Waals surface area (Å²) in [5.74, 6) is -2.18. The molecule has 2 amide bonds. The first kappa shape index (κ1) is 18.5. The van der Waals surface area contributed by atoms with Crippen molar-refractivity contribution in [2.24, 2.45) is 0 Å². The van der Waals surface area contributed by atoms with Crippen LogP contribution in [0.5, 0.6) is 5.75 Å². The number of nitrogen functional groups attached to an aromatic ring is 1. The average molecular weight is 381 g/mol. The number of nitrogens with zero attached hydrogens (tertiary/aromatic N) is 1. The number of aromatic nitrogens is 1. The minimum absolute atomic E-state index is 0.123. The van der Waals surface area contributed by atoms with Gasteiger partial charge in [0.2, 0.25) is 0 Å². The van der Waals surface area contributed by atoms with Crippen molar-refractivity contribution in [3.8, 4) is 11.4 Å². The van der Waals surface area contributed by atoms with Crippen LogP contribution in [0.1, 0.15) is 40.1 Å². The van der Waals surface area contributed by atoms with Crippen molar-refractivity contribution in [2.45, 2.75) is 26.1 Å². The number of halogens is 3. The van der Waals surface area contributed by atoms with Crippen molar-refractivity contribution in [3.63, 3.8) is 0 Å². The molecule has 2 heterocycles. The summed E-state index contributed by atoms with van der Waals surface area (Å²) in [5, 5.41) is 1.99. The number of amides is 2. The molecule has 27 heavy (non-hydrogen) atoms. The van der Waals surface area contributed by atoms with Crippen LogP contribution in [0.15, 0.2) is 29.1 Å². The molecule has 3 rings (SSSR count). The van der Waals surface area contributed by atoms with Crippen LogP contribution in [0, 0.1) is 0 Å². The van der Waals surface area contributed by atoms with Gasteiger partial charge in [0.15, 0.2) is 0 Å². The van der Waals surface area contributed by atoms with Gasteiger partial charge in [0.1, 0.15) is 11.6 Å². The fraction of sp³-hybridized carbons (Fsp3) is 0.235. The number of imide groups is 1. The molecule has 0 saturated heterocycles. The van der Waals surface area contributed by atoms with Crippen LogP contribution in [0.2, 0.25) is 0 Å². The van der Waals surface area contributed by atoms with Gasteiger partial charge in [-0.05, 0) is 26.0 Å². The zero-order valence-electron chi connectivity index (χ0n) is 14.2. The van der Waals surface area contributed by atoms with E-state index in [9.17, 15) is 27.6 Å². The van der Waals surface area contributed by atoms with Gasteiger partial charge in [0, 0.05) is 12.1 Å². The summed E-state index contributed by atoms with van der Waals surface area (Å²) in [6, 6.07) is 3.57. The first-order valence-electron chi connectivity index (χ1n) is 7.79. The Bertz CT molecular complexity index is 1030. The molecule has 1 aromatic carbocycles. The number of nitrogens with two attached hydrogens (primary N) is 1. The van der Waals surface area contributed by atoms with E-state index in [4.69, 9.17) is 10.5 Å². The first-order valence-corrected chi connectivity index (χ1v) is 7.79. The third kappa shape index (κ3) is 3.25.